The number of fused-ring (bicyclic) bond motifs is 1. The van der Waals surface area contributed by atoms with Gasteiger partial charge in [-0.1, -0.05) is 0 Å². The molecule has 0 atom stereocenters. The van der Waals surface area contributed by atoms with Crippen LogP contribution in [-0.4, -0.2) is 15.7 Å². The molecule has 1 N–H and O–H groups in total. The Morgan fingerprint density at radius 2 is 1.83 bits per heavy atom. The fourth-order valence-electron chi connectivity index (χ4n) is 2.99. The first kappa shape index (κ1) is 16.2. The highest BCUT2D eigenvalue weighted by Crippen LogP contribution is 2.23. The Labute approximate surface area is 140 Å². The van der Waals surface area contributed by atoms with Gasteiger partial charge in [0, 0.05) is 24.0 Å². The van der Waals surface area contributed by atoms with Crippen LogP contribution in [0, 0.1) is 33.5 Å². The summed E-state index contributed by atoms with van der Waals surface area (Å²) in [7, 11) is 0. The molecule has 0 aliphatic heterocycles. The maximum absolute atomic E-state index is 13.5. The van der Waals surface area contributed by atoms with E-state index in [2.05, 4.69) is 10.3 Å². The topological polar surface area (TPSA) is 46.4 Å². The number of hydrogen-bond acceptors (Lipinski definition) is 3. The van der Waals surface area contributed by atoms with Crippen LogP contribution in [-0.2, 0) is 6.54 Å². The van der Waals surface area contributed by atoms with Crippen LogP contribution in [0.3, 0.4) is 0 Å². The molecule has 0 bridgehead atoms. The van der Waals surface area contributed by atoms with Crippen molar-refractivity contribution >= 4 is 17.6 Å². The smallest absolute Gasteiger partial charge is 0.160 e. The van der Waals surface area contributed by atoms with Gasteiger partial charge in [-0.15, -0.1) is 0 Å². The van der Waals surface area contributed by atoms with Crippen LogP contribution in [0.2, 0.25) is 0 Å². The lowest BCUT2D eigenvalue weighted by molar-refractivity contribution is 0.112. The zero-order chi connectivity index (χ0) is 17.4. The van der Waals surface area contributed by atoms with Gasteiger partial charge in [0.25, 0.3) is 0 Å². The molecule has 0 fully saturated rings. The molecule has 0 saturated carbocycles. The van der Waals surface area contributed by atoms with Crippen molar-refractivity contribution < 1.29 is 9.18 Å². The number of carbonyl (C=O) groups excluding carboxylic acids is 1. The Balaban J connectivity index is 2.01. The summed E-state index contributed by atoms with van der Waals surface area (Å²) in [4.78, 5) is 15.8. The van der Waals surface area contributed by atoms with Crippen LogP contribution < -0.4 is 5.32 Å². The lowest BCUT2D eigenvalue weighted by Crippen LogP contribution is -2.06. The summed E-state index contributed by atoms with van der Waals surface area (Å²) >= 11 is 0. The van der Waals surface area contributed by atoms with E-state index in [1.54, 1.807) is 12.3 Å². The van der Waals surface area contributed by atoms with Gasteiger partial charge in [0.05, 0.1) is 11.4 Å². The first-order valence-corrected chi connectivity index (χ1v) is 7.84. The Kier molecular flexibility index (Phi) is 4.09. The zero-order valence-corrected chi connectivity index (χ0v) is 14.3. The SMILES string of the molecule is Cc1cc(F)cc(C)c1CNc1cc(C=O)cn2c(C)c(C)nc12. The van der Waals surface area contributed by atoms with E-state index in [9.17, 15) is 9.18 Å². The van der Waals surface area contributed by atoms with Gasteiger partial charge in [-0.05, 0) is 62.6 Å². The third kappa shape index (κ3) is 2.77. The van der Waals surface area contributed by atoms with Crippen molar-refractivity contribution in [2.45, 2.75) is 34.2 Å². The van der Waals surface area contributed by atoms with Crippen molar-refractivity contribution in [1.29, 1.82) is 0 Å². The van der Waals surface area contributed by atoms with Crippen molar-refractivity contribution in [3.63, 3.8) is 0 Å². The third-order valence-corrected chi connectivity index (χ3v) is 4.47. The number of benzene rings is 1. The minimum Gasteiger partial charge on any atom is -0.378 e. The number of imidazole rings is 1. The predicted molar refractivity (Wildman–Crippen MR) is 93.3 cm³/mol. The summed E-state index contributed by atoms with van der Waals surface area (Å²) in [6.45, 7) is 8.26. The molecule has 5 heteroatoms. The van der Waals surface area contributed by atoms with Gasteiger partial charge in [0.15, 0.2) is 11.9 Å². The number of carbonyl (C=O) groups is 1. The molecule has 2 aromatic heterocycles. The van der Waals surface area contributed by atoms with Crippen LogP contribution in [0.4, 0.5) is 10.1 Å². The number of aldehydes is 1. The van der Waals surface area contributed by atoms with Crippen molar-refractivity contribution in [2.75, 3.05) is 5.32 Å². The quantitative estimate of drug-likeness (QED) is 0.734. The third-order valence-electron chi connectivity index (χ3n) is 4.47. The van der Waals surface area contributed by atoms with Crippen LogP contribution >= 0.6 is 0 Å². The zero-order valence-electron chi connectivity index (χ0n) is 14.3. The summed E-state index contributed by atoms with van der Waals surface area (Å²) in [5, 5.41) is 3.36. The van der Waals surface area contributed by atoms with E-state index in [0.717, 1.165) is 45.7 Å². The lowest BCUT2D eigenvalue weighted by atomic mass is 10.0. The number of halogens is 1. The van der Waals surface area contributed by atoms with Gasteiger partial charge in [-0.3, -0.25) is 4.79 Å². The molecule has 0 saturated heterocycles. The number of hydrogen-bond donors (Lipinski definition) is 1. The highest BCUT2D eigenvalue weighted by atomic mass is 19.1. The van der Waals surface area contributed by atoms with E-state index in [1.165, 1.54) is 12.1 Å². The van der Waals surface area contributed by atoms with E-state index in [0.29, 0.717) is 12.1 Å². The molecule has 0 amide bonds. The monoisotopic (exact) mass is 325 g/mol. The summed E-state index contributed by atoms with van der Waals surface area (Å²) in [6, 6.07) is 4.86. The number of anilines is 1. The molecule has 1 aromatic carbocycles. The largest absolute Gasteiger partial charge is 0.378 e. The molecule has 0 unspecified atom stereocenters. The first-order chi connectivity index (χ1) is 11.4. The molecular formula is C19H20FN3O. The predicted octanol–water partition coefficient (Wildman–Crippen LogP) is 4.13. The summed E-state index contributed by atoms with van der Waals surface area (Å²) in [5.41, 5.74) is 6.94. The van der Waals surface area contributed by atoms with Gasteiger partial charge in [0.1, 0.15) is 5.82 Å². The van der Waals surface area contributed by atoms with Crippen LogP contribution in [0.25, 0.3) is 5.65 Å². The number of nitrogens with zero attached hydrogens (tertiary/aromatic N) is 2. The average Bonchev–Trinajstić information content (AvgIpc) is 2.81. The standard InChI is InChI=1S/C19H20FN3O/c1-11-5-16(20)6-12(2)17(11)8-21-18-7-15(10-24)9-23-14(4)13(3)22-19(18)23/h5-7,9-10,21H,8H2,1-4H3. The lowest BCUT2D eigenvalue weighted by Gasteiger charge is -2.13. The molecule has 0 radical (unpaired) electrons. The Morgan fingerprint density at radius 1 is 1.17 bits per heavy atom. The highest BCUT2D eigenvalue weighted by molar-refractivity contribution is 5.81. The molecule has 2 heterocycles. The molecule has 3 rings (SSSR count). The normalized spacial score (nSPS) is 11.0. The Bertz CT molecular complexity index is 920. The van der Waals surface area contributed by atoms with Crippen molar-refractivity contribution in [3.05, 3.63) is 63.9 Å². The Hall–Kier alpha value is -2.69. The second-order valence-corrected chi connectivity index (χ2v) is 6.15. The minimum absolute atomic E-state index is 0.224. The van der Waals surface area contributed by atoms with Gasteiger partial charge < -0.3 is 9.72 Å². The van der Waals surface area contributed by atoms with Crippen molar-refractivity contribution in [1.82, 2.24) is 9.38 Å². The number of rotatable bonds is 4. The maximum atomic E-state index is 13.5. The van der Waals surface area contributed by atoms with Gasteiger partial charge in [-0.2, -0.15) is 0 Å². The van der Waals surface area contributed by atoms with Gasteiger partial charge in [-0.25, -0.2) is 9.37 Å². The summed E-state index contributed by atoms with van der Waals surface area (Å²) in [6.07, 6.45) is 2.62. The van der Waals surface area contributed by atoms with E-state index < -0.39 is 0 Å². The van der Waals surface area contributed by atoms with Crippen molar-refractivity contribution in [3.8, 4) is 0 Å². The molecule has 3 aromatic rings. The van der Waals surface area contributed by atoms with Gasteiger partial charge in [0.2, 0.25) is 0 Å². The maximum Gasteiger partial charge on any atom is 0.160 e. The van der Waals surface area contributed by atoms with Crippen LogP contribution in [0.1, 0.15) is 38.4 Å². The number of nitrogens with one attached hydrogen (secondary N) is 1. The first-order valence-electron chi connectivity index (χ1n) is 7.84. The molecule has 0 aliphatic rings. The number of aryl methyl sites for hydroxylation is 4. The summed E-state index contributed by atoms with van der Waals surface area (Å²) < 4.78 is 15.4. The molecule has 24 heavy (non-hydrogen) atoms. The fraction of sp³-hybridized carbons (Fsp3) is 0.263. The minimum atomic E-state index is -0.224. The highest BCUT2D eigenvalue weighted by Gasteiger charge is 2.12. The van der Waals surface area contributed by atoms with Gasteiger partial charge >= 0.3 is 0 Å². The van der Waals surface area contributed by atoms with E-state index in [1.807, 2.05) is 32.1 Å². The summed E-state index contributed by atoms with van der Waals surface area (Å²) in [5.74, 6) is -0.224. The van der Waals surface area contributed by atoms with E-state index >= 15 is 0 Å². The molecular weight excluding hydrogens is 305 g/mol. The van der Waals surface area contributed by atoms with E-state index in [4.69, 9.17) is 0 Å². The Morgan fingerprint density at radius 3 is 2.46 bits per heavy atom. The van der Waals surface area contributed by atoms with Crippen LogP contribution in [0.5, 0.6) is 0 Å². The number of aromatic nitrogens is 2. The molecule has 0 spiro atoms. The van der Waals surface area contributed by atoms with Crippen LogP contribution in [0.15, 0.2) is 24.4 Å². The van der Waals surface area contributed by atoms with E-state index in [-0.39, 0.29) is 5.82 Å². The second-order valence-electron chi connectivity index (χ2n) is 6.15. The second kappa shape index (κ2) is 6.07. The molecule has 4 nitrogen and oxygen atoms in total. The number of pyridine rings is 1. The molecule has 124 valence electrons. The molecule has 0 aliphatic carbocycles. The fourth-order valence-corrected chi connectivity index (χ4v) is 2.99. The average molecular weight is 325 g/mol. The van der Waals surface area contributed by atoms with Crippen molar-refractivity contribution in [2.24, 2.45) is 0 Å².